The Kier molecular flexibility index (Phi) is 3.74. The van der Waals surface area contributed by atoms with Crippen LogP contribution >= 0.6 is 15.9 Å². The average molecular weight is 333 g/mol. The number of benzene rings is 1. The number of sulfone groups is 1. The number of likely N-dealkylation sites (N-methyl/N-ethyl adjacent to an activating group) is 1. The van der Waals surface area contributed by atoms with Gasteiger partial charge >= 0.3 is 0 Å². The standard InChI is InChI=1S/C11H13BrN2O3S/c1-13-7-10(15)14-5-6-18(16,17)9-4-2-3-8(12)11(9)14/h2-4,13H,5-7H2,1H3. The minimum absolute atomic E-state index is 0.0358. The Balaban J connectivity index is 2.55. The van der Waals surface area contributed by atoms with Crippen molar-refractivity contribution in [1.82, 2.24) is 5.32 Å². The first-order valence-corrected chi connectivity index (χ1v) is 7.88. The molecule has 98 valence electrons. The summed E-state index contributed by atoms with van der Waals surface area (Å²) in [5.41, 5.74) is 0.448. The van der Waals surface area contributed by atoms with Crippen LogP contribution in [0, 0.1) is 0 Å². The molecule has 1 aromatic carbocycles. The van der Waals surface area contributed by atoms with Gasteiger partial charge in [-0.3, -0.25) is 4.79 Å². The molecule has 0 saturated carbocycles. The molecular formula is C11H13BrN2O3S. The Labute approximate surface area is 114 Å². The van der Waals surface area contributed by atoms with E-state index in [9.17, 15) is 13.2 Å². The summed E-state index contributed by atoms with van der Waals surface area (Å²) in [6.07, 6.45) is 0. The van der Waals surface area contributed by atoms with Crippen LogP contribution in [-0.4, -0.2) is 40.2 Å². The van der Waals surface area contributed by atoms with Crippen molar-refractivity contribution in [2.45, 2.75) is 4.90 Å². The molecule has 1 amide bonds. The van der Waals surface area contributed by atoms with Gasteiger partial charge in [-0.05, 0) is 35.1 Å². The normalized spacial score (nSPS) is 17.3. The summed E-state index contributed by atoms with van der Waals surface area (Å²) < 4.78 is 24.6. The summed E-state index contributed by atoms with van der Waals surface area (Å²) in [6.45, 7) is 0.374. The van der Waals surface area contributed by atoms with E-state index < -0.39 is 9.84 Å². The van der Waals surface area contributed by atoms with Gasteiger partial charge in [0.1, 0.15) is 0 Å². The summed E-state index contributed by atoms with van der Waals surface area (Å²) in [6, 6.07) is 4.93. The van der Waals surface area contributed by atoms with Crippen LogP contribution in [0.4, 0.5) is 5.69 Å². The number of para-hydroxylation sites is 1. The first-order chi connectivity index (χ1) is 8.47. The molecule has 1 aliphatic rings. The molecule has 2 rings (SSSR count). The van der Waals surface area contributed by atoms with Crippen LogP contribution in [0.1, 0.15) is 0 Å². The molecule has 1 aromatic rings. The van der Waals surface area contributed by atoms with Gasteiger partial charge in [0.15, 0.2) is 9.84 Å². The quantitative estimate of drug-likeness (QED) is 0.869. The first kappa shape index (κ1) is 13.5. The van der Waals surface area contributed by atoms with Crippen molar-refractivity contribution in [3.63, 3.8) is 0 Å². The van der Waals surface area contributed by atoms with Crippen LogP contribution in [0.3, 0.4) is 0 Å². The van der Waals surface area contributed by atoms with E-state index in [1.54, 1.807) is 19.2 Å². The Morgan fingerprint density at radius 2 is 2.22 bits per heavy atom. The number of anilines is 1. The lowest BCUT2D eigenvalue weighted by Crippen LogP contribution is -2.43. The molecule has 0 aromatic heterocycles. The fourth-order valence-corrected chi connectivity index (χ4v) is 4.09. The molecule has 1 heterocycles. The SMILES string of the molecule is CNCC(=O)N1CCS(=O)(=O)c2cccc(Br)c21. The van der Waals surface area contributed by atoms with E-state index in [1.807, 2.05) is 0 Å². The Morgan fingerprint density at radius 1 is 1.50 bits per heavy atom. The summed E-state index contributed by atoms with van der Waals surface area (Å²) in [4.78, 5) is 13.7. The molecule has 0 aliphatic carbocycles. The summed E-state index contributed by atoms with van der Waals surface area (Å²) in [7, 11) is -1.61. The number of nitrogens with zero attached hydrogens (tertiary/aromatic N) is 1. The molecule has 0 radical (unpaired) electrons. The van der Waals surface area contributed by atoms with Gasteiger partial charge in [-0.2, -0.15) is 0 Å². The van der Waals surface area contributed by atoms with E-state index >= 15 is 0 Å². The summed E-state index contributed by atoms with van der Waals surface area (Å²) >= 11 is 3.31. The van der Waals surface area contributed by atoms with Gasteiger partial charge in [0, 0.05) is 11.0 Å². The number of carbonyl (C=O) groups is 1. The van der Waals surface area contributed by atoms with Crippen molar-refractivity contribution in [2.75, 3.05) is 30.8 Å². The lowest BCUT2D eigenvalue weighted by molar-refractivity contribution is -0.117. The average Bonchev–Trinajstić information content (AvgIpc) is 2.30. The van der Waals surface area contributed by atoms with Crippen LogP contribution in [0.15, 0.2) is 27.6 Å². The van der Waals surface area contributed by atoms with E-state index in [2.05, 4.69) is 21.2 Å². The zero-order valence-electron chi connectivity index (χ0n) is 9.81. The van der Waals surface area contributed by atoms with Crippen LogP contribution < -0.4 is 10.2 Å². The van der Waals surface area contributed by atoms with Gasteiger partial charge in [0.25, 0.3) is 0 Å². The predicted molar refractivity (Wildman–Crippen MR) is 72.5 cm³/mol. The second-order valence-corrected chi connectivity index (χ2v) is 6.91. The summed E-state index contributed by atoms with van der Waals surface area (Å²) in [5, 5.41) is 2.78. The second-order valence-electron chi connectivity index (χ2n) is 3.98. The van der Waals surface area contributed by atoms with E-state index in [-0.39, 0.29) is 29.6 Å². The highest BCUT2D eigenvalue weighted by atomic mass is 79.9. The van der Waals surface area contributed by atoms with Crippen molar-refractivity contribution >= 4 is 37.4 Å². The molecule has 0 spiro atoms. The minimum Gasteiger partial charge on any atom is -0.311 e. The number of amides is 1. The maximum Gasteiger partial charge on any atom is 0.241 e. The lowest BCUT2D eigenvalue weighted by Gasteiger charge is -2.30. The molecule has 18 heavy (non-hydrogen) atoms. The van der Waals surface area contributed by atoms with Crippen molar-refractivity contribution in [3.8, 4) is 0 Å². The van der Waals surface area contributed by atoms with Gasteiger partial charge in [-0.15, -0.1) is 0 Å². The number of carbonyl (C=O) groups excluding carboxylic acids is 1. The van der Waals surface area contributed by atoms with Gasteiger partial charge in [-0.1, -0.05) is 6.07 Å². The number of halogens is 1. The number of rotatable bonds is 2. The van der Waals surface area contributed by atoms with E-state index in [0.717, 1.165) is 0 Å². The number of fused-ring (bicyclic) bond motifs is 1. The topological polar surface area (TPSA) is 66.5 Å². The molecule has 0 saturated heterocycles. The molecule has 0 bridgehead atoms. The molecule has 1 aliphatic heterocycles. The lowest BCUT2D eigenvalue weighted by atomic mass is 10.2. The van der Waals surface area contributed by atoms with Crippen molar-refractivity contribution < 1.29 is 13.2 Å². The molecule has 0 fully saturated rings. The fraction of sp³-hybridized carbons (Fsp3) is 0.364. The third kappa shape index (κ3) is 2.30. The maximum absolute atomic E-state index is 12.0. The Hall–Kier alpha value is -0.920. The highest BCUT2D eigenvalue weighted by Gasteiger charge is 2.32. The number of hydrogen-bond acceptors (Lipinski definition) is 4. The van der Waals surface area contributed by atoms with Gasteiger partial charge in [0.2, 0.25) is 5.91 Å². The third-order valence-corrected chi connectivity index (χ3v) is 5.13. The highest BCUT2D eigenvalue weighted by Crippen LogP contribution is 2.36. The monoisotopic (exact) mass is 332 g/mol. The molecule has 0 atom stereocenters. The Morgan fingerprint density at radius 3 is 2.89 bits per heavy atom. The van der Waals surface area contributed by atoms with E-state index in [0.29, 0.717) is 10.2 Å². The van der Waals surface area contributed by atoms with Crippen LogP contribution in [0.25, 0.3) is 0 Å². The van der Waals surface area contributed by atoms with Crippen LogP contribution in [0.5, 0.6) is 0 Å². The second kappa shape index (κ2) is 4.99. The zero-order chi connectivity index (χ0) is 13.3. The highest BCUT2D eigenvalue weighted by molar-refractivity contribution is 9.10. The first-order valence-electron chi connectivity index (χ1n) is 5.43. The number of hydrogen-bond donors (Lipinski definition) is 1. The third-order valence-electron chi connectivity index (χ3n) is 2.77. The van der Waals surface area contributed by atoms with Gasteiger partial charge in [0.05, 0.1) is 22.9 Å². The largest absolute Gasteiger partial charge is 0.311 e. The van der Waals surface area contributed by atoms with Gasteiger partial charge < -0.3 is 10.2 Å². The molecular weight excluding hydrogens is 320 g/mol. The van der Waals surface area contributed by atoms with Crippen molar-refractivity contribution in [2.24, 2.45) is 0 Å². The van der Waals surface area contributed by atoms with Crippen LogP contribution in [-0.2, 0) is 14.6 Å². The summed E-state index contributed by atoms with van der Waals surface area (Å²) in [5.74, 6) is -0.174. The van der Waals surface area contributed by atoms with E-state index in [1.165, 1.54) is 11.0 Å². The Bertz CT molecular complexity index is 586. The smallest absolute Gasteiger partial charge is 0.241 e. The van der Waals surface area contributed by atoms with Crippen molar-refractivity contribution in [3.05, 3.63) is 22.7 Å². The maximum atomic E-state index is 12.0. The molecule has 1 N–H and O–H groups in total. The van der Waals surface area contributed by atoms with Gasteiger partial charge in [-0.25, -0.2) is 8.42 Å². The molecule has 5 nitrogen and oxygen atoms in total. The number of nitrogens with one attached hydrogen (secondary N) is 1. The minimum atomic E-state index is -3.29. The zero-order valence-corrected chi connectivity index (χ0v) is 12.2. The van der Waals surface area contributed by atoms with Crippen molar-refractivity contribution in [1.29, 1.82) is 0 Å². The fourth-order valence-electron chi connectivity index (χ4n) is 1.94. The predicted octanol–water partition coefficient (Wildman–Crippen LogP) is 0.789. The molecule has 0 unspecified atom stereocenters. The van der Waals surface area contributed by atoms with E-state index in [4.69, 9.17) is 0 Å². The molecule has 7 heteroatoms. The van der Waals surface area contributed by atoms with Crippen LogP contribution in [0.2, 0.25) is 0 Å².